The van der Waals surface area contributed by atoms with Gasteiger partial charge in [-0.3, -0.25) is 0 Å². The molecule has 15 heavy (non-hydrogen) atoms. The van der Waals surface area contributed by atoms with E-state index in [4.69, 9.17) is 21.4 Å². The monoisotopic (exact) mass is 237 g/mol. The molecule has 2 atom stereocenters. The van der Waals surface area contributed by atoms with Crippen molar-refractivity contribution < 1.29 is 19.4 Å². The lowest BCUT2D eigenvalue weighted by Crippen LogP contribution is -2.41. The third kappa shape index (κ3) is 3.52. The molecule has 0 amide bonds. The topological polar surface area (TPSA) is 59.0 Å². The molecule has 1 heterocycles. The van der Waals surface area contributed by atoms with E-state index in [-0.39, 0.29) is 18.4 Å². The zero-order valence-electron chi connectivity index (χ0n) is 9.07. The molecule has 88 valence electrons. The van der Waals surface area contributed by atoms with Crippen LogP contribution < -0.4 is 0 Å². The van der Waals surface area contributed by atoms with Gasteiger partial charge in [0.25, 0.3) is 0 Å². The number of halogens is 1. The summed E-state index contributed by atoms with van der Waals surface area (Å²) in [4.78, 5) is 12.0. The van der Waals surface area contributed by atoms with E-state index in [1.54, 1.807) is 4.90 Å². The number of ether oxygens (including phenoxy) is 2. The van der Waals surface area contributed by atoms with Gasteiger partial charge in [-0.1, -0.05) is 32.4 Å². The van der Waals surface area contributed by atoms with Crippen molar-refractivity contribution in [2.45, 2.75) is 32.6 Å². The number of alkyl halides is 1. The summed E-state index contributed by atoms with van der Waals surface area (Å²) in [5.41, 5.74) is -0.544. The van der Waals surface area contributed by atoms with Crippen LogP contribution in [0.15, 0.2) is 0 Å². The van der Waals surface area contributed by atoms with Crippen LogP contribution >= 0.6 is 11.6 Å². The molecular formula is C9H16ClNO4. The number of hydrogen-bond acceptors (Lipinski definition) is 4. The van der Waals surface area contributed by atoms with Gasteiger partial charge in [0.05, 0.1) is 0 Å². The van der Waals surface area contributed by atoms with Crippen LogP contribution in [0, 0.1) is 5.41 Å². The normalized spacial score (nSPS) is 28.0. The maximum Gasteiger partial charge on any atom is 0.507 e. The second kappa shape index (κ2) is 4.55. The van der Waals surface area contributed by atoms with Gasteiger partial charge in [-0.25, -0.2) is 9.69 Å². The molecule has 0 radical (unpaired) electrons. The second-order valence-corrected chi connectivity index (χ2v) is 5.06. The Morgan fingerprint density at radius 1 is 1.67 bits per heavy atom. The Kier molecular flexibility index (Phi) is 3.81. The summed E-state index contributed by atoms with van der Waals surface area (Å²) in [6.45, 7) is 6.46. The molecule has 1 saturated heterocycles. The molecule has 0 aliphatic carbocycles. The predicted molar refractivity (Wildman–Crippen MR) is 54.7 cm³/mol. The average Bonchev–Trinajstić information content (AvgIpc) is 2.42. The zero-order valence-corrected chi connectivity index (χ0v) is 9.82. The van der Waals surface area contributed by atoms with Gasteiger partial charge in [-0.15, -0.1) is 0 Å². The average molecular weight is 238 g/mol. The highest BCUT2D eigenvalue weighted by Gasteiger charge is 2.39. The summed E-state index contributed by atoms with van der Waals surface area (Å²) in [5, 5.41) is 8.41. The minimum Gasteiger partial charge on any atom is -0.450 e. The smallest absolute Gasteiger partial charge is 0.450 e. The molecule has 1 rings (SSSR count). The van der Waals surface area contributed by atoms with E-state index in [2.05, 4.69) is 4.74 Å². The first-order chi connectivity index (χ1) is 6.80. The van der Waals surface area contributed by atoms with Crippen LogP contribution in [-0.2, 0) is 9.47 Å². The molecule has 1 aliphatic rings. The SMILES string of the molecule is CC(C)(C)[C@H]1O[C@H](Cl)CN1COC(=O)O. The van der Waals surface area contributed by atoms with Crippen molar-refractivity contribution >= 4 is 17.8 Å². The van der Waals surface area contributed by atoms with Crippen molar-refractivity contribution in [1.82, 2.24) is 4.90 Å². The van der Waals surface area contributed by atoms with E-state index in [9.17, 15) is 4.79 Å². The third-order valence-corrected chi connectivity index (χ3v) is 2.32. The first-order valence-electron chi connectivity index (χ1n) is 4.70. The van der Waals surface area contributed by atoms with Crippen molar-refractivity contribution in [3.8, 4) is 0 Å². The number of nitrogens with zero attached hydrogens (tertiary/aromatic N) is 1. The van der Waals surface area contributed by atoms with Crippen LogP contribution in [0.4, 0.5) is 4.79 Å². The Morgan fingerprint density at radius 2 is 2.27 bits per heavy atom. The molecule has 0 aromatic heterocycles. The summed E-state index contributed by atoms with van der Waals surface area (Å²) in [7, 11) is 0. The minimum absolute atomic E-state index is 0.0134. The lowest BCUT2D eigenvalue weighted by molar-refractivity contribution is -0.0835. The summed E-state index contributed by atoms with van der Waals surface area (Å²) < 4.78 is 9.99. The van der Waals surface area contributed by atoms with Gasteiger partial charge in [0.15, 0.2) is 6.73 Å². The maximum absolute atomic E-state index is 10.3. The Labute approximate surface area is 93.9 Å². The highest BCUT2D eigenvalue weighted by atomic mass is 35.5. The Hall–Kier alpha value is -0.520. The lowest BCUT2D eigenvalue weighted by Gasteiger charge is -2.32. The highest BCUT2D eigenvalue weighted by molar-refractivity contribution is 6.20. The van der Waals surface area contributed by atoms with Gasteiger partial charge >= 0.3 is 6.16 Å². The van der Waals surface area contributed by atoms with Crippen molar-refractivity contribution in [2.75, 3.05) is 13.3 Å². The van der Waals surface area contributed by atoms with Crippen LogP contribution in [0.3, 0.4) is 0 Å². The molecule has 0 aromatic carbocycles. The fourth-order valence-electron chi connectivity index (χ4n) is 1.56. The van der Waals surface area contributed by atoms with Gasteiger partial charge in [-0.05, 0) is 0 Å². The van der Waals surface area contributed by atoms with E-state index in [0.29, 0.717) is 6.54 Å². The first-order valence-corrected chi connectivity index (χ1v) is 5.13. The van der Waals surface area contributed by atoms with Crippen LogP contribution in [0.1, 0.15) is 20.8 Å². The van der Waals surface area contributed by atoms with Crippen molar-refractivity contribution in [3.63, 3.8) is 0 Å². The quantitative estimate of drug-likeness (QED) is 0.587. The molecule has 1 fully saturated rings. The van der Waals surface area contributed by atoms with Crippen molar-refractivity contribution in [2.24, 2.45) is 5.41 Å². The third-order valence-electron chi connectivity index (χ3n) is 2.08. The number of rotatable bonds is 2. The standard InChI is InChI=1S/C9H16ClNO4/c1-9(2,3)7-11(4-6(10)15-7)5-14-8(12)13/h6-7H,4-5H2,1-3H3,(H,12,13)/t6-,7+/m0/s1. The van der Waals surface area contributed by atoms with E-state index in [1.165, 1.54) is 0 Å². The molecule has 0 bridgehead atoms. The van der Waals surface area contributed by atoms with Gasteiger partial charge < -0.3 is 14.6 Å². The van der Waals surface area contributed by atoms with Crippen LogP contribution in [0.25, 0.3) is 0 Å². The molecule has 0 unspecified atom stereocenters. The van der Waals surface area contributed by atoms with Gasteiger partial charge in [0.1, 0.15) is 11.8 Å². The molecular weight excluding hydrogens is 222 g/mol. The second-order valence-electron chi connectivity index (χ2n) is 4.58. The molecule has 6 heteroatoms. The summed E-state index contributed by atoms with van der Waals surface area (Å²) in [6, 6.07) is 0. The van der Waals surface area contributed by atoms with Gasteiger partial charge in [-0.2, -0.15) is 0 Å². The van der Waals surface area contributed by atoms with Crippen LogP contribution in [0.5, 0.6) is 0 Å². The number of carboxylic acid groups (broad SMARTS) is 1. The lowest BCUT2D eigenvalue weighted by atomic mass is 9.94. The number of carbonyl (C=O) groups is 1. The molecule has 0 spiro atoms. The molecule has 0 aromatic rings. The Morgan fingerprint density at radius 3 is 2.73 bits per heavy atom. The van der Waals surface area contributed by atoms with Gasteiger partial charge in [0, 0.05) is 12.0 Å². The highest BCUT2D eigenvalue weighted by Crippen LogP contribution is 2.32. The van der Waals surface area contributed by atoms with E-state index < -0.39 is 11.7 Å². The summed E-state index contributed by atoms with van der Waals surface area (Å²) in [5.74, 6) is 0. The summed E-state index contributed by atoms with van der Waals surface area (Å²) in [6.07, 6.45) is -1.51. The van der Waals surface area contributed by atoms with E-state index in [1.807, 2.05) is 20.8 Å². The van der Waals surface area contributed by atoms with Crippen molar-refractivity contribution in [1.29, 1.82) is 0 Å². The Balaban J connectivity index is 2.57. The largest absolute Gasteiger partial charge is 0.507 e. The fourth-order valence-corrected chi connectivity index (χ4v) is 1.83. The molecule has 1 aliphatic heterocycles. The molecule has 5 nitrogen and oxygen atoms in total. The Bertz CT molecular complexity index is 241. The first kappa shape index (κ1) is 12.5. The van der Waals surface area contributed by atoms with E-state index in [0.717, 1.165) is 0 Å². The number of hydrogen-bond donors (Lipinski definition) is 1. The van der Waals surface area contributed by atoms with Gasteiger partial charge in [0.2, 0.25) is 0 Å². The minimum atomic E-state index is -1.29. The maximum atomic E-state index is 10.3. The van der Waals surface area contributed by atoms with Crippen LogP contribution in [0.2, 0.25) is 0 Å². The molecule has 1 N–H and O–H groups in total. The zero-order chi connectivity index (χ0) is 11.6. The molecule has 0 saturated carbocycles. The summed E-state index contributed by atoms with van der Waals surface area (Å²) >= 11 is 5.86. The van der Waals surface area contributed by atoms with Crippen LogP contribution in [-0.4, -0.2) is 41.2 Å². The predicted octanol–water partition coefficient (Wildman–Crippen LogP) is 1.91. The van der Waals surface area contributed by atoms with E-state index >= 15 is 0 Å². The van der Waals surface area contributed by atoms with Crippen molar-refractivity contribution in [3.05, 3.63) is 0 Å². The fraction of sp³-hybridized carbons (Fsp3) is 0.889.